The molecule has 4 nitrogen and oxygen atoms in total. The Morgan fingerprint density at radius 3 is 3.00 bits per heavy atom. The van der Waals surface area contributed by atoms with E-state index in [-0.39, 0.29) is 6.42 Å². The van der Waals surface area contributed by atoms with Gasteiger partial charge < -0.3 is 0 Å². The average molecular weight is 161 g/mol. The molecule has 0 aromatic heterocycles. The summed E-state index contributed by atoms with van der Waals surface area (Å²) in [5, 5.41) is 10.6. The molecule has 5 heteroatoms. The van der Waals surface area contributed by atoms with Gasteiger partial charge in [-0.05, 0) is 0 Å². The first kappa shape index (κ1) is 7.21. The van der Waals surface area contributed by atoms with Gasteiger partial charge in [-0.3, -0.25) is 15.1 Å². The molecule has 0 saturated carbocycles. The van der Waals surface area contributed by atoms with E-state index in [1.807, 2.05) is 0 Å². The molecule has 1 unspecified atom stereocenters. The van der Waals surface area contributed by atoms with Gasteiger partial charge in [0.2, 0.25) is 0 Å². The minimum absolute atomic E-state index is 0.262. The lowest BCUT2D eigenvalue weighted by atomic mass is 10.2. The van der Waals surface area contributed by atoms with Crippen LogP contribution in [-0.4, -0.2) is 17.2 Å². The number of nitrogens with zero attached hydrogens (tertiary/aromatic N) is 2. The lowest BCUT2D eigenvalue weighted by molar-refractivity contribution is -0.500. The molecule has 1 aliphatic rings. The van der Waals surface area contributed by atoms with Crippen molar-refractivity contribution in [1.82, 2.24) is 0 Å². The molecule has 1 rings (SSSR count). The van der Waals surface area contributed by atoms with Gasteiger partial charge in [0.05, 0.1) is 12.6 Å². The second-order valence-electron chi connectivity index (χ2n) is 1.93. The van der Waals surface area contributed by atoms with Crippen LogP contribution in [0.2, 0.25) is 0 Å². The van der Waals surface area contributed by atoms with Crippen molar-refractivity contribution in [2.75, 3.05) is 0 Å². The highest BCUT2D eigenvalue weighted by molar-refractivity contribution is 6.29. The van der Waals surface area contributed by atoms with Crippen LogP contribution in [0.15, 0.2) is 16.2 Å². The molecular weight excluding hydrogens is 156 g/mol. The van der Waals surface area contributed by atoms with Gasteiger partial charge in [0, 0.05) is 16.2 Å². The summed E-state index contributed by atoms with van der Waals surface area (Å²) >= 11 is 5.50. The Balaban J connectivity index is 2.64. The van der Waals surface area contributed by atoms with E-state index in [4.69, 9.17) is 11.6 Å². The van der Waals surface area contributed by atoms with E-state index in [0.29, 0.717) is 5.03 Å². The highest BCUT2D eigenvalue weighted by Gasteiger charge is 2.20. The Morgan fingerprint density at radius 2 is 2.60 bits per heavy atom. The maximum absolute atomic E-state index is 10.1. The third-order valence-corrected chi connectivity index (χ3v) is 1.40. The van der Waals surface area contributed by atoms with Crippen molar-refractivity contribution >= 4 is 17.8 Å². The Hall–Kier alpha value is -0.900. The Kier molecular flexibility index (Phi) is 2.01. The molecule has 1 aliphatic heterocycles. The second kappa shape index (κ2) is 2.79. The van der Waals surface area contributed by atoms with E-state index in [9.17, 15) is 10.1 Å². The van der Waals surface area contributed by atoms with Crippen LogP contribution >= 0.6 is 11.6 Å². The van der Waals surface area contributed by atoms with Gasteiger partial charge >= 0.3 is 0 Å². The highest BCUT2D eigenvalue weighted by atomic mass is 35.5. The summed E-state index contributed by atoms with van der Waals surface area (Å²) in [6.45, 7) is 0. The molecule has 0 radical (unpaired) electrons. The van der Waals surface area contributed by atoms with Crippen molar-refractivity contribution in [3.05, 3.63) is 21.3 Å². The summed E-state index contributed by atoms with van der Waals surface area (Å²) in [5.41, 5.74) is 0. The molecule has 0 aliphatic carbocycles. The summed E-state index contributed by atoms with van der Waals surface area (Å²) in [7, 11) is 0. The molecule has 10 heavy (non-hydrogen) atoms. The summed E-state index contributed by atoms with van der Waals surface area (Å²) in [4.78, 5) is 13.3. The van der Waals surface area contributed by atoms with Crippen LogP contribution in [0.3, 0.4) is 0 Å². The Bertz CT molecular complexity index is 212. The Labute approximate surface area is 62.4 Å². The molecule has 1 heterocycles. The van der Waals surface area contributed by atoms with Crippen LogP contribution in [0, 0.1) is 10.1 Å². The van der Waals surface area contributed by atoms with Crippen LogP contribution in [0.25, 0.3) is 0 Å². The van der Waals surface area contributed by atoms with Crippen molar-refractivity contribution in [2.45, 2.75) is 12.5 Å². The van der Waals surface area contributed by atoms with E-state index in [2.05, 4.69) is 4.99 Å². The van der Waals surface area contributed by atoms with E-state index in [1.165, 1.54) is 12.4 Å². The number of aliphatic imine (C=N–C) groups is 1. The monoisotopic (exact) mass is 160 g/mol. The predicted octanol–water partition coefficient (Wildman–Crippen LogP) is 1.19. The predicted molar refractivity (Wildman–Crippen MR) is 37.8 cm³/mol. The first-order valence-corrected chi connectivity index (χ1v) is 3.09. The molecule has 0 saturated heterocycles. The first-order valence-electron chi connectivity index (χ1n) is 2.71. The van der Waals surface area contributed by atoms with E-state index in [1.54, 1.807) is 0 Å². The van der Waals surface area contributed by atoms with E-state index >= 15 is 0 Å². The molecule has 0 amide bonds. The maximum Gasteiger partial charge on any atom is 0.252 e. The molecule has 0 aromatic rings. The van der Waals surface area contributed by atoms with Gasteiger partial charge in [-0.15, -0.1) is 0 Å². The number of halogens is 1. The molecule has 0 N–H and O–H groups in total. The average Bonchev–Trinajstić information content (AvgIpc) is 1.88. The van der Waals surface area contributed by atoms with Crippen molar-refractivity contribution in [3.8, 4) is 0 Å². The quantitative estimate of drug-likeness (QED) is 0.427. The summed E-state index contributed by atoms with van der Waals surface area (Å²) in [6.07, 6.45) is 2.96. The first-order chi connectivity index (χ1) is 4.70. The fourth-order valence-electron chi connectivity index (χ4n) is 0.657. The largest absolute Gasteiger partial charge is 0.264 e. The molecular formula is C5H5ClN2O2. The van der Waals surface area contributed by atoms with Gasteiger partial charge in [-0.2, -0.15) is 0 Å². The van der Waals surface area contributed by atoms with Gasteiger partial charge in [0.15, 0.2) is 0 Å². The van der Waals surface area contributed by atoms with Crippen LogP contribution in [-0.2, 0) is 0 Å². The Morgan fingerprint density at radius 1 is 1.90 bits per heavy atom. The molecule has 0 bridgehead atoms. The van der Waals surface area contributed by atoms with Crippen molar-refractivity contribution in [3.63, 3.8) is 0 Å². The zero-order valence-corrected chi connectivity index (χ0v) is 5.78. The molecule has 54 valence electrons. The minimum atomic E-state index is -0.738. The third-order valence-electron chi connectivity index (χ3n) is 1.15. The lowest BCUT2D eigenvalue weighted by Gasteiger charge is -2.05. The highest BCUT2D eigenvalue weighted by Crippen LogP contribution is 2.14. The van der Waals surface area contributed by atoms with Crippen LogP contribution in [0.4, 0.5) is 0 Å². The summed E-state index contributed by atoms with van der Waals surface area (Å²) in [6, 6.07) is -0.738. The van der Waals surface area contributed by atoms with Gasteiger partial charge in [0.25, 0.3) is 6.04 Å². The summed E-state index contributed by atoms with van der Waals surface area (Å²) in [5.74, 6) is 0. The zero-order chi connectivity index (χ0) is 7.56. The fourth-order valence-corrected chi connectivity index (χ4v) is 0.872. The third kappa shape index (κ3) is 1.54. The van der Waals surface area contributed by atoms with E-state index in [0.717, 1.165) is 0 Å². The number of hydrogen-bond acceptors (Lipinski definition) is 3. The van der Waals surface area contributed by atoms with Gasteiger partial charge in [0.1, 0.15) is 0 Å². The molecule has 0 aromatic carbocycles. The zero-order valence-electron chi connectivity index (χ0n) is 5.03. The van der Waals surface area contributed by atoms with Gasteiger partial charge in [-0.25, -0.2) is 0 Å². The van der Waals surface area contributed by atoms with Crippen molar-refractivity contribution < 1.29 is 4.92 Å². The maximum atomic E-state index is 10.1. The fraction of sp³-hybridized carbons (Fsp3) is 0.400. The van der Waals surface area contributed by atoms with Crippen LogP contribution < -0.4 is 0 Å². The normalized spacial score (nSPS) is 24.1. The minimum Gasteiger partial charge on any atom is -0.264 e. The van der Waals surface area contributed by atoms with E-state index < -0.39 is 11.0 Å². The van der Waals surface area contributed by atoms with Crippen molar-refractivity contribution in [1.29, 1.82) is 0 Å². The van der Waals surface area contributed by atoms with Crippen molar-refractivity contribution in [2.24, 2.45) is 4.99 Å². The number of hydrogen-bond donors (Lipinski definition) is 0. The smallest absolute Gasteiger partial charge is 0.252 e. The molecule has 0 spiro atoms. The van der Waals surface area contributed by atoms with Crippen LogP contribution in [0.5, 0.6) is 0 Å². The topological polar surface area (TPSA) is 55.5 Å². The molecule has 0 fully saturated rings. The SMILES string of the molecule is O=[N+]([O-])C1C=NC=C(Cl)C1. The second-order valence-corrected chi connectivity index (χ2v) is 2.42. The standard InChI is InChI=1S/C5H5ClN2O2/c6-4-1-5(8(9)10)3-7-2-4/h2-3,5H,1H2. The summed E-state index contributed by atoms with van der Waals surface area (Å²) < 4.78 is 0. The molecule has 1 atom stereocenters. The lowest BCUT2D eigenvalue weighted by Crippen LogP contribution is -2.22. The van der Waals surface area contributed by atoms with Crippen LogP contribution in [0.1, 0.15) is 6.42 Å². The number of nitro groups is 1. The number of rotatable bonds is 1. The van der Waals surface area contributed by atoms with Gasteiger partial charge in [-0.1, -0.05) is 11.6 Å².